The number of anilines is 1. The van der Waals surface area contributed by atoms with Crippen LogP contribution < -0.4 is 4.90 Å². The minimum absolute atomic E-state index is 0.726. The van der Waals surface area contributed by atoms with E-state index in [1.54, 1.807) is 6.33 Å². The average Bonchev–Trinajstić information content (AvgIpc) is 3.18. The first-order valence-electron chi connectivity index (χ1n) is 10.6. The van der Waals surface area contributed by atoms with E-state index in [9.17, 15) is 0 Å². The standard InChI is InChI=1S/C20H32N6O/c1-2-4-18-15-19(26-20(23-18)21-16-22-26)25-9-6-17(7-10-25)5-3-8-24-11-13-27-14-12-24/h15-17H,2-14H2,1H3. The number of nitrogens with zero attached hydrogens (tertiary/aromatic N) is 6. The third-order valence-electron chi connectivity index (χ3n) is 5.92. The predicted octanol–water partition coefficient (Wildman–Crippen LogP) is 2.41. The van der Waals surface area contributed by atoms with Gasteiger partial charge in [-0.1, -0.05) is 13.3 Å². The van der Waals surface area contributed by atoms with Gasteiger partial charge in [-0.3, -0.25) is 4.90 Å². The number of morpholine rings is 1. The molecule has 0 aromatic carbocycles. The molecule has 2 fully saturated rings. The van der Waals surface area contributed by atoms with Gasteiger partial charge in [0.2, 0.25) is 0 Å². The molecule has 2 aromatic rings. The highest BCUT2D eigenvalue weighted by Gasteiger charge is 2.22. The molecule has 2 aliphatic rings. The monoisotopic (exact) mass is 372 g/mol. The Morgan fingerprint density at radius 3 is 2.74 bits per heavy atom. The Bertz CT molecular complexity index is 718. The summed E-state index contributed by atoms with van der Waals surface area (Å²) in [6.45, 7) is 9.65. The molecule has 0 N–H and O–H groups in total. The van der Waals surface area contributed by atoms with Gasteiger partial charge < -0.3 is 9.64 Å². The van der Waals surface area contributed by atoms with Crippen LogP contribution in [0.5, 0.6) is 0 Å². The molecule has 4 heterocycles. The van der Waals surface area contributed by atoms with Crippen molar-refractivity contribution in [2.24, 2.45) is 5.92 Å². The van der Waals surface area contributed by atoms with Gasteiger partial charge in [-0.05, 0) is 44.6 Å². The van der Waals surface area contributed by atoms with Crippen LogP contribution in [0.1, 0.15) is 44.7 Å². The highest BCUT2D eigenvalue weighted by molar-refractivity contribution is 5.47. The zero-order valence-corrected chi connectivity index (χ0v) is 16.5. The van der Waals surface area contributed by atoms with Crippen LogP contribution in [0.3, 0.4) is 0 Å². The second-order valence-corrected chi connectivity index (χ2v) is 7.85. The van der Waals surface area contributed by atoms with Crippen LogP contribution in [0.4, 0.5) is 5.82 Å². The van der Waals surface area contributed by atoms with Crippen molar-refractivity contribution in [2.45, 2.75) is 45.4 Å². The maximum Gasteiger partial charge on any atom is 0.254 e. The molecule has 0 amide bonds. The van der Waals surface area contributed by atoms with Gasteiger partial charge in [-0.2, -0.15) is 14.6 Å². The molecule has 2 aliphatic heterocycles. The number of fused-ring (bicyclic) bond motifs is 1. The molecule has 7 heteroatoms. The molecule has 2 aromatic heterocycles. The molecule has 7 nitrogen and oxygen atoms in total. The van der Waals surface area contributed by atoms with Gasteiger partial charge in [-0.25, -0.2) is 4.98 Å². The van der Waals surface area contributed by atoms with E-state index < -0.39 is 0 Å². The molecule has 0 aliphatic carbocycles. The van der Waals surface area contributed by atoms with Crippen molar-refractivity contribution in [1.82, 2.24) is 24.5 Å². The van der Waals surface area contributed by atoms with Crippen LogP contribution in [0, 0.1) is 5.92 Å². The van der Waals surface area contributed by atoms with Crippen molar-refractivity contribution in [3.05, 3.63) is 18.1 Å². The summed E-state index contributed by atoms with van der Waals surface area (Å²) in [5.74, 6) is 2.74. The number of hydrogen-bond acceptors (Lipinski definition) is 6. The van der Waals surface area contributed by atoms with Crippen molar-refractivity contribution < 1.29 is 4.74 Å². The summed E-state index contributed by atoms with van der Waals surface area (Å²) in [4.78, 5) is 14.0. The molecule has 0 radical (unpaired) electrons. The smallest absolute Gasteiger partial charge is 0.254 e. The number of aromatic nitrogens is 4. The number of piperidine rings is 1. The molecular weight excluding hydrogens is 340 g/mol. The molecule has 148 valence electrons. The Balaban J connectivity index is 1.31. The molecule has 0 spiro atoms. The van der Waals surface area contributed by atoms with E-state index >= 15 is 0 Å². The van der Waals surface area contributed by atoms with Gasteiger partial charge in [0.05, 0.1) is 13.2 Å². The first kappa shape index (κ1) is 18.6. The highest BCUT2D eigenvalue weighted by atomic mass is 16.5. The van der Waals surface area contributed by atoms with E-state index in [-0.39, 0.29) is 0 Å². The topological polar surface area (TPSA) is 58.8 Å². The van der Waals surface area contributed by atoms with E-state index in [2.05, 4.69) is 37.9 Å². The fourth-order valence-corrected chi connectivity index (χ4v) is 4.33. The molecule has 0 saturated carbocycles. The van der Waals surface area contributed by atoms with Gasteiger partial charge in [0.1, 0.15) is 12.1 Å². The molecule has 0 atom stereocenters. The Labute approximate surface area is 161 Å². The van der Waals surface area contributed by atoms with E-state index in [0.717, 1.165) is 75.4 Å². The van der Waals surface area contributed by atoms with Crippen molar-refractivity contribution >= 4 is 11.6 Å². The Morgan fingerprint density at radius 1 is 1.15 bits per heavy atom. The van der Waals surface area contributed by atoms with Crippen molar-refractivity contribution in [3.63, 3.8) is 0 Å². The minimum atomic E-state index is 0.726. The summed E-state index contributed by atoms with van der Waals surface area (Å²) < 4.78 is 7.34. The fourth-order valence-electron chi connectivity index (χ4n) is 4.33. The SMILES string of the molecule is CCCc1cc(N2CCC(CCCN3CCOCC3)CC2)n2ncnc2n1. The van der Waals surface area contributed by atoms with Crippen molar-refractivity contribution in [3.8, 4) is 0 Å². The van der Waals surface area contributed by atoms with Crippen LogP contribution >= 0.6 is 0 Å². The largest absolute Gasteiger partial charge is 0.379 e. The number of rotatable bonds is 7. The third kappa shape index (κ3) is 4.58. The van der Waals surface area contributed by atoms with E-state index in [1.807, 2.05) is 4.52 Å². The Morgan fingerprint density at radius 2 is 1.96 bits per heavy atom. The molecule has 27 heavy (non-hydrogen) atoms. The normalized spacial score (nSPS) is 19.8. The lowest BCUT2D eigenvalue weighted by Gasteiger charge is -2.34. The fraction of sp³-hybridized carbons (Fsp3) is 0.750. The summed E-state index contributed by atoms with van der Waals surface area (Å²) in [5.41, 5.74) is 1.13. The lowest BCUT2D eigenvalue weighted by molar-refractivity contribution is 0.0365. The number of aryl methyl sites for hydroxylation is 1. The summed E-state index contributed by atoms with van der Waals surface area (Å²) in [5, 5.41) is 4.40. The van der Waals surface area contributed by atoms with E-state index in [1.165, 1.54) is 32.2 Å². The second-order valence-electron chi connectivity index (χ2n) is 7.85. The first-order chi connectivity index (χ1) is 13.3. The lowest BCUT2D eigenvalue weighted by atomic mass is 9.92. The van der Waals surface area contributed by atoms with Crippen LogP contribution in [-0.2, 0) is 11.2 Å². The van der Waals surface area contributed by atoms with Crippen molar-refractivity contribution in [2.75, 3.05) is 50.8 Å². The van der Waals surface area contributed by atoms with Gasteiger partial charge in [-0.15, -0.1) is 0 Å². The summed E-state index contributed by atoms with van der Waals surface area (Å²) >= 11 is 0. The molecule has 4 rings (SSSR count). The summed E-state index contributed by atoms with van der Waals surface area (Å²) in [7, 11) is 0. The second kappa shape index (κ2) is 8.97. The van der Waals surface area contributed by atoms with Gasteiger partial charge in [0, 0.05) is 37.9 Å². The number of hydrogen-bond donors (Lipinski definition) is 0. The third-order valence-corrected chi connectivity index (χ3v) is 5.92. The van der Waals surface area contributed by atoms with E-state index in [4.69, 9.17) is 4.74 Å². The zero-order chi connectivity index (χ0) is 18.5. The average molecular weight is 373 g/mol. The highest BCUT2D eigenvalue weighted by Crippen LogP contribution is 2.27. The molecule has 0 unspecified atom stereocenters. The van der Waals surface area contributed by atoms with Crippen LogP contribution in [0.2, 0.25) is 0 Å². The first-order valence-corrected chi connectivity index (χ1v) is 10.6. The zero-order valence-electron chi connectivity index (χ0n) is 16.5. The van der Waals surface area contributed by atoms with E-state index in [0.29, 0.717) is 0 Å². The predicted molar refractivity (Wildman–Crippen MR) is 106 cm³/mol. The maximum absolute atomic E-state index is 5.43. The minimum Gasteiger partial charge on any atom is -0.379 e. The molecule has 2 saturated heterocycles. The van der Waals surface area contributed by atoms with Crippen molar-refractivity contribution in [1.29, 1.82) is 0 Å². The van der Waals surface area contributed by atoms with Gasteiger partial charge in [0.25, 0.3) is 5.78 Å². The maximum atomic E-state index is 5.43. The van der Waals surface area contributed by atoms with Crippen LogP contribution in [-0.4, -0.2) is 70.4 Å². The lowest BCUT2D eigenvalue weighted by Crippen LogP contribution is -2.37. The Kier molecular flexibility index (Phi) is 6.19. The molecular formula is C20H32N6O. The summed E-state index contributed by atoms with van der Waals surface area (Å²) in [6.07, 6.45) is 8.90. The number of ether oxygens (including phenoxy) is 1. The quantitative estimate of drug-likeness (QED) is 0.744. The van der Waals surface area contributed by atoms with Gasteiger partial charge >= 0.3 is 0 Å². The summed E-state index contributed by atoms with van der Waals surface area (Å²) in [6, 6.07) is 2.21. The van der Waals surface area contributed by atoms with Crippen LogP contribution in [0.25, 0.3) is 5.78 Å². The molecule has 0 bridgehead atoms. The Hall–Kier alpha value is -1.73. The van der Waals surface area contributed by atoms with Crippen LogP contribution in [0.15, 0.2) is 12.4 Å². The van der Waals surface area contributed by atoms with Gasteiger partial charge in [0.15, 0.2) is 0 Å².